The van der Waals surface area contributed by atoms with Gasteiger partial charge in [-0.25, -0.2) is 8.99 Å². The van der Waals surface area contributed by atoms with E-state index in [0.717, 1.165) is 12.8 Å². The number of nitrogens with one attached hydrogen (secondary N) is 1. The Morgan fingerprint density at radius 1 is 1.36 bits per heavy atom. The Morgan fingerprint density at radius 3 is 2.18 bits per heavy atom. The molecule has 0 aromatic carbocycles. The van der Waals surface area contributed by atoms with Crippen LogP contribution in [-0.2, 0) is 9.73 Å². The maximum Gasteiger partial charge on any atom is 0.319 e. The van der Waals surface area contributed by atoms with Gasteiger partial charge in [0.25, 0.3) is 0 Å². The molecule has 0 heterocycles. The normalized spacial score (nSPS) is 25.7. The summed E-state index contributed by atoms with van der Waals surface area (Å²) < 4.78 is 42.0. The van der Waals surface area contributed by atoms with E-state index < -0.39 is 20.7 Å². The Balaban J connectivity index is 2.72. The third-order valence-corrected chi connectivity index (χ3v) is 4.05. The molecule has 1 saturated carbocycles. The number of halogens is 2. The SMILES string of the molecule is N=S(=O)(C(F)F)C1CCCC1. The minimum absolute atomic E-state index is 0.534. The number of rotatable bonds is 2. The summed E-state index contributed by atoms with van der Waals surface area (Å²) in [7, 11) is -3.61. The molecule has 66 valence electrons. The summed E-state index contributed by atoms with van der Waals surface area (Å²) >= 11 is 0. The molecule has 1 N–H and O–H groups in total. The zero-order valence-corrected chi connectivity index (χ0v) is 6.87. The second-order valence-corrected chi connectivity index (χ2v) is 5.13. The fraction of sp³-hybridized carbons (Fsp3) is 1.00. The second-order valence-electron chi connectivity index (χ2n) is 2.81. The Morgan fingerprint density at radius 2 is 1.82 bits per heavy atom. The Labute approximate surface area is 65.0 Å². The van der Waals surface area contributed by atoms with Gasteiger partial charge in [-0.3, -0.25) is 0 Å². The third kappa shape index (κ3) is 1.69. The summed E-state index contributed by atoms with van der Waals surface area (Å²) in [6.45, 7) is 0. The molecule has 0 spiro atoms. The van der Waals surface area contributed by atoms with Crippen molar-refractivity contribution in [1.82, 2.24) is 0 Å². The van der Waals surface area contributed by atoms with Crippen LogP contribution in [0.15, 0.2) is 0 Å². The van der Waals surface area contributed by atoms with Crippen molar-refractivity contribution < 1.29 is 13.0 Å². The second kappa shape index (κ2) is 3.05. The highest BCUT2D eigenvalue weighted by Crippen LogP contribution is 2.28. The van der Waals surface area contributed by atoms with Crippen LogP contribution in [-0.4, -0.2) is 15.2 Å². The molecule has 2 nitrogen and oxygen atoms in total. The number of alkyl halides is 2. The van der Waals surface area contributed by atoms with Crippen LogP contribution in [0.4, 0.5) is 8.78 Å². The quantitative estimate of drug-likeness (QED) is 0.700. The van der Waals surface area contributed by atoms with Crippen LogP contribution in [0, 0.1) is 4.78 Å². The maximum atomic E-state index is 12.0. The van der Waals surface area contributed by atoms with Gasteiger partial charge in [0, 0.05) is 5.25 Å². The lowest BCUT2D eigenvalue weighted by molar-refractivity contribution is 0.239. The van der Waals surface area contributed by atoms with Crippen molar-refractivity contribution in [1.29, 1.82) is 4.78 Å². The molecule has 1 rings (SSSR count). The number of hydrogen-bond donors (Lipinski definition) is 1. The highest BCUT2D eigenvalue weighted by molar-refractivity contribution is 7.93. The van der Waals surface area contributed by atoms with Crippen LogP contribution in [0.2, 0.25) is 0 Å². The monoisotopic (exact) mass is 183 g/mol. The van der Waals surface area contributed by atoms with Gasteiger partial charge in [0.15, 0.2) is 0 Å². The molecule has 0 saturated heterocycles. The van der Waals surface area contributed by atoms with E-state index in [9.17, 15) is 13.0 Å². The third-order valence-electron chi connectivity index (χ3n) is 2.06. The summed E-state index contributed by atoms with van der Waals surface area (Å²) in [6.07, 6.45) is 2.75. The van der Waals surface area contributed by atoms with Crippen molar-refractivity contribution in [2.24, 2.45) is 0 Å². The number of hydrogen-bond acceptors (Lipinski definition) is 2. The van der Waals surface area contributed by atoms with E-state index in [1.165, 1.54) is 0 Å². The van der Waals surface area contributed by atoms with Crippen molar-refractivity contribution in [3.63, 3.8) is 0 Å². The van der Waals surface area contributed by atoms with Crippen LogP contribution in [0.25, 0.3) is 0 Å². The predicted octanol–water partition coefficient (Wildman–Crippen LogP) is 2.20. The first-order valence-corrected chi connectivity index (χ1v) is 5.28. The Hall–Kier alpha value is -0.190. The lowest BCUT2D eigenvalue weighted by Gasteiger charge is -2.12. The summed E-state index contributed by atoms with van der Waals surface area (Å²) in [6, 6.07) is 0. The largest absolute Gasteiger partial charge is 0.319 e. The molecule has 0 bridgehead atoms. The van der Waals surface area contributed by atoms with Crippen molar-refractivity contribution in [2.75, 3.05) is 0 Å². The Kier molecular flexibility index (Phi) is 2.47. The maximum absolute atomic E-state index is 12.0. The minimum Gasteiger partial charge on any atom is -0.248 e. The standard InChI is InChI=1S/C6H11F2NOS/c7-6(8)11(9,10)5-3-1-2-4-5/h5-6,9H,1-4H2. The highest BCUT2D eigenvalue weighted by atomic mass is 32.2. The summed E-state index contributed by atoms with van der Waals surface area (Å²) in [5.74, 6) is -2.97. The molecule has 5 heteroatoms. The molecule has 0 radical (unpaired) electrons. The van der Waals surface area contributed by atoms with Crippen molar-refractivity contribution in [3.05, 3.63) is 0 Å². The van der Waals surface area contributed by atoms with E-state index in [2.05, 4.69) is 0 Å². The average Bonchev–Trinajstić information content (AvgIpc) is 2.37. The minimum atomic E-state index is -3.61. The fourth-order valence-corrected chi connectivity index (χ4v) is 2.71. The van der Waals surface area contributed by atoms with Gasteiger partial charge in [0.2, 0.25) is 0 Å². The van der Waals surface area contributed by atoms with E-state index in [1.54, 1.807) is 0 Å². The molecule has 1 unspecified atom stereocenters. The van der Waals surface area contributed by atoms with Gasteiger partial charge in [0.05, 0.1) is 0 Å². The molecule has 1 aliphatic carbocycles. The van der Waals surface area contributed by atoms with Gasteiger partial charge >= 0.3 is 5.76 Å². The van der Waals surface area contributed by atoms with E-state index in [1.807, 2.05) is 0 Å². The van der Waals surface area contributed by atoms with Crippen LogP contribution < -0.4 is 0 Å². The topological polar surface area (TPSA) is 40.9 Å². The van der Waals surface area contributed by atoms with E-state index in [0.29, 0.717) is 12.8 Å². The first-order valence-electron chi connectivity index (χ1n) is 3.60. The predicted molar refractivity (Wildman–Crippen MR) is 39.1 cm³/mol. The van der Waals surface area contributed by atoms with Gasteiger partial charge in [-0.1, -0.05) is 12.8 Å². The van der Waals surface area contributed by atoms with Crippen molar-refractivity contribution in [2.45, 2.75) is 36.7 Å². The first kappa shape index (κ1) is 8.90. The fourth-order valence-electron chi connectivity index (χ4n) is 1.38. The van der Waals surface area contributed by atoms with Crippen LogP contribution in [0.3, 0.4) is 0 Å². The van der Waals surface area contributed by atoms with Gasteiger partial charge in [0.1, 0.15) is 9.73 Å². The van der Waals surface area contributed by atoms with E-state index in [4.69, 9.17) is 4.78 Å². The first-order chi connectivity index (χ1) is 5.05. The molecule has 0 amide bonds. The van der Waals surface area contributed by atoms with Crippen LogP contribution in [0.5, 0.6) is 0 Å². The van der Waals surface area contributed by atoms with E-state index in [-0.39, 0.29) is 0 Å². The van der Waals surface area contributed by atoms with Gasteiger partial charge in [-0.2, -0.15) is 8.78 Å². The lowest BCUT2D eigenvalue weighted by atomic mass is 10.4. The summed E-state index contributed by atoms with van der Waals surface area (Å²) in [5, 5.41) is -0.553. The molecular weight excluding hydrogens is 172 g/mol. The molecular formula is C6H11F2NOS. The zero-order chi connectivity index (χ0) is 8.48. The molecule has 0 aliphatic heterocycles. The van der Waals surface area contributed by atoms with E-state index >= 15 is 0 Å². The molecule has 1 fully saturated rings. The van der Waals surface area contributed by atoms with Crippen LogP contribution in [0.1, 0.15) is 25.7 Å². The molecule has 0 aromatic heterocycles. The summed E-state index contributed by atoms with van der Waals surface area (Å²) in [5.41, 5.74) is 0. The highest BCUT2D eigenvalue weighted by Gasteiger charge is 2.32. The van der Waals surface area contributed by atoms with Gasteiger partial charge < -0.3 is 0 Å². The van der Waals surface area contributed by atoms with Gasteiger partial charge in [-0.15, -0.1) is 0 Å². The average molecular weight is 183 g/mol. The van der Waals surface area contributed by atoms with Gasteiger partial charge in [-0.05, 0) is 12.8 Å². The van der Waals surface area contributed by atoms with Crippen LogP contribution >= 0.6 is 0 Å². The lowest BCUT2D eigenvalue weighted by Crippen LogP contribution is -2.22. The zero-order valence-electron chi connectivity index (χ0n) is 6.06. The Bertz CT molecular complexity index is 219. The summed E-state index contributed by atoms with van der Waals surface area (Å²) in [4.78, 5) is 0. The molecule has 11 heavy (non-hydrogen) atoms. The van der Waals surface area contributed by atoms with Crippen molar-refractivity contribution in [3.8, 4) is 0 Å². The smallest absolute Gasteiger partial charge is 0.248 e. The molecule has 1 atom stereocenters. The molecule has 1 aliphatic rings. The molecule has 0 aromatic rings. The van der Waals surface area contributed by atoms with Crippen molar-refractivity contribution >= 4 is 9.73 Å².